The van der Waals surface area contributed by atoms with Crippen molar-refractivity contribution in [2.24, 2.45) is 0 Å². The van der Waals surface area contributed by atoms with Gasteiger partial charge in [-0.2, -0.15) is 0 Å². The van der Waals surface area contributed by atoms with Crippen LogP contribution >= 0.6 is 0 Å². The van der Waals surface area contributed by atoms with E-state index in [2.05, 4.69) is 9.97 Å². The summed E-state index contributed by atoms with van der Waals surface area (Å²) < 4.78 is 5.05. The topological polar surface area (TPSA) is 72.4 Å². The molecule has 1 aliphatic heterocycles. The van der Waals surface area contributed by atoms with Crippen LogP contribution in [0, 0.1) is 6.92 Å². The summed E-state index contributed by atoms with van der Waals surface area (Å²) in [5.74, 6) is -0.767. The van der Waals surface area contributed by atoms with Crippen LogP contribution in [0.1, 0.15) is 49.3 Å². The summed E-state index contributed by atoms with van der Waals surface area (Å²) in [4.78, 5) is 33.8. The standard InChI is InChI=1S/C15H21N3O3/c1-10-7-17-13(8-16-10)15(20)21-9-14(19)18-11(2)5-4-6-12(18)3/h7-8,11-12H,4-6,9H2,1-3H3/t11-,12-/m1/s1. The van der Waals surface area contributed by atoms with E-state index in [-0.39, 0.29) is 30.3 Å². The van der Waals surface area contributed by atoms with E-state index in [9.17, 15) is 9.59 Å². The summed E-state index contributed by atoms with van der Waals surface area (Å²) in [7, 11) is 0. The summed E-state index contributed by atoms with van der Waals surface area (Å²) in [6.45, 7) is 5.59. The average molecular weight is 291 g/mol. The van der Waals surface area contributed by atoms with Crippen molar-refractivity contribution >= 4 is 11.9 Å². The first-order valence-electron chi connectivity index (χ1n) is 7.26. The molecule has 1 aromatic heterocycles. The van der Waals surface area contributed by atoms with Crippen LogP contribution in [0.3, 0.4) is 0 Å². The lowest BCUT2D eigenvalue weighted by Gasteiger charge is -2.38. The lowest BCUT2D eigenvalue weighted by Crippen LogP contribution is -2.49. The Labute approximate surface area is 124 Å². The van der Waals surface area contributed by atoms with E-state index in [0.29, 0.717) is 0 Å². The molecule has 1 aromatic rings. The second kappa shape index (κ2) is 6.65. The van der Waals surface area contributed by atoms with Crippen molar-refractivity contribution in [2.45, 2.75) is 52.1 Å². The van der Waals surface area contributed by atoms with Crippen molar-refractivity contribution in [3.8, 4) is 0 Å². The normalized spacial score (nSPS) is 22.0. The maximum absolute atomic E-state index is 12.2. The number of likely N-dealkylation sites (tertiary alicyclic amines) is 1. The highest BCUT2D eigenvalue weighted by molar-refractivity contribution is 5.89. The fourth-order valence-corrected chi connectivity index (χ4v) is 2.69. The number of ether oxygens (including phenoxy) is 1. The Morgan fingerprint density at radius 1 is 1.24 bits per heavy atom. The second-order valence-electron chi connectivity index (χ2n) is 5.55. The van der Waals surface area contributed by atoms with E-state index in [1.807, 2.05) is 18.7 Å². The molecule has 2 rings (SSSR count). The first-order chi connectivity index (χ1) is 9.99. The summed E-state index contributed by atoms with van der Waals surface area (Å²) in [6.07, 6.45) is 5.97. The number of piperidine rings is 1. The molecule has 1 aliphatic rings. The molecule has 6 nitrogen and oxygen atoms in total. The highest BCUT2D eigenvalue weighted by Gasteiger charge is 2.29. The first kappa shape index (κ1) is 15.4. The third kappa shape index (κ3) is 3.77. The average Bonchev–Trinajstić information content (AvgIpc) is 2.45. The number of amides is 1. The predicted molar refractivity (Wildman–Crippen MR) is 76.7 cm³/mol. The fourth-order valence-electron chi connectivity index (χ4n) is 2.69. The number of rotatable bonds is 3. The first-order valence-corrected chi connectivity index (χ1v) is 7.26. The van der Waals surface area contributed by atoms with Crippen molar-refractivity contribution in [1.82, 2.24) is 14.9 Å². The van der Waals surface area contributed by atoms with Crippen LogP contribution in [-0.2, 0) is 9.53 Å². The van der Waals surface area contributed by atoms with Crippen LogP contribution in [0.4, 0.5) is 0 Å². The fraction of sp³-hybridized carbons (Fsp3) is 0.600. The largest absolute Gasteiger partial charge is 0.451 e. The van der Waals surface area contributed by atoms with Gasteiger partial charge in [0.05, 0.1) is 11.9 Å². The van der Waals surface area contributed by atoms with E-state index in [4.69, 9.17) is 4.74 Å². The van der Waals surface area contributed by atoms with Gasteiger partial charge in [-0.25, -0.2) is 9.78 Å². The molecule has 0 radical (unpaired) electrons. The molecule has 21 heavy (non-hydrogen) atoms. The molecule has 0 bridgehead atoms. The van der Waals surface area contributed by atoms with Crippen molar-refractivity contribution in [2.75, 3.05) is 6.61 Å². The summed E-state index contributed by atoms with van der Waals surface area (Å²) >= 11 is 0. The Morgan fingerprint density at radius 2 is 1.90 bits per heavy atom. The highest BCUT2D eigenvalue weighted by atomic mass is 16.5. The Bertz CT molecular complexity index is 505. The third-order valence-corrected chi connectivity index (χ3v) is 3.80. The Kier molecular flexibility index (Phi) is 4.88. The number of esters is 1. The maximum atomic E-state index is 12.2. The van der Waals surface area contributed by atoms with Gasteiger partial charge >= 0.3 is 5.97 Å². The summed E-state index contributed by atoms with van der Waals surface area (Å²) in [6, 6.07) is 0.387. The van der Waals surface area contributed by atoms with Gasteiger partial charge in [-0.05, 0) is 40.0 Å². The zero-order valence-corrected chi connectivity index (χ0v) is 12.7. The summed E-state index contributed by atoms with van der Waals surface area (Å²) in [5.41, 5.74) is 0.840. The molecule has 0 saturated carbocycles. The minimum absolute atomic E-state index is 0.119. The van der Waals surface area contributed by atoms with Crippen LogP contribution < -0.4 is 0 Å². The number of carbonyl (C=O) groups excluding carboxylic acids is 2. The third-order valence-electron chi connectivity index (χ3n) is 3.80. The zero-order chi connectivity index (χ0) is 15.4. The molecule has 1 saturated heterocycles. The number of aryl methyl sites for hydroxylation is 1. The van der Waals surface area contributed by atoms with E-state index in [1.165, 1.54) is 12.4 Å². The lowest BCUT2D eigenvalue weighted by molar-refractivity contribution is -0.140. The number of carbonyl (C=O) groups is 2. The van der Waals surface area contributed by atoms with E-state index >= 15 is 0 Å². The van der Waals surface area contributed by atoms with Gasteiger partial charge in [0.25, 0.3) is 5.91 Å². The highest BCUT2D eigenvalue weighted by Crippen LogP contribution is 2.22. The van der Waals surface area contributed by atoms with Crippen LogP contribution in [-0.4, -0.2) is 45.4 Å². The molecule has 0 aromatic carbocycles. The quantitative estimate of drug-likeness (QED) is 0.793. The minimum atomic E-state index is -0.617. The van der Waals surface area contributed by atoms with Crippen molar-refractivity contribution in [3.05, 3.63) is 23.8 Å². The number of nitrogens with zero attached hydrogens (tertiary/aromatic N) is 3. The van der Waals surface area contributed by atoms with Crippen molar-refractivity contribution < 1.29 is 14.3 Å². The number of hydrogen-bond donors (Lipinski definition) is 0. The van der Waals surface area contributed by atoms with Crippen LogP contribution in [0.25, 0.3) is 0 Å². The SMILES string of the molecule is Cc1cnc(C(=O)OCC(=O)N2[C@H](C)CCC[C@H]2C)cn1. The molecule has 114 valence electrons. The van der Waals surface area contributed by atoms with Crippen LogP contribution in [0.15, 0.2) is 12.4 Å². The molecular weight excluding hydrogens is 270 g/mol. The monoisotopic (exact) mass is 291 g/mol. The molecular formula is C15H21N3O3. The lowest BCUT2D eigenvalue weighted by atomic mass is 9.97. The Morgan fingerprint density at radius 3 is 2.48 bits per heavy atom. The number of aromatic nitrogens is 2. The molecule has 2 atom stereocenters. The van der Waals surface area contributed by atoms with Crippen LogP contribution in [0.2, 0.25) is 0 Å². The minimum Gasteiger partial charge on any atom is -0.451 e. The molecule has 6 heteroatoms. The molecule has 0 unspecified atom stereocenters. The van der Waals surface area contributed by atoms with Gasteiger partial charge < -0.3 is 9.64 Å². The molecule has 2 heterocycles. The Hall–Kier alpha value is -1.98. The maximum Gasteiger partial charge on any atom is 0.359 e. The van der Waals surface area contributed by atoms with Gasteiger partial charge in [0.15, 0.2) is 12.3 Å². The van der Waals surface area contributed by atoms with Crippen molar-refractivity contribution in [3.63, 3.8) is 0 Å². The van der Waals surface area contributed by atoms with E-state index in [0.717, 1.165) is 25.0 Å². The molecule has 0 aliphatic carbocycles. The second-order valence-corrected chi connectivity index (χ2v) is 5.55. The van der Waals surface area contributed by atoms with Gasteiger partial charge in [-0.15, -0.1) is 0 Å². The van der Waals surface area contributed by atoms with E-state index in [1.54, 1.807) is 6.92 Å². The summed E-state index contributed by atoms with van der Waals surface area (Å²) in [5, 5.41) is 0. The zero-order valence-electron chi connectivity index (χ0n) is 12.7. The van der Waals surface area contributed by atoms with Gasteiger partial charge in [0.2, 0.25) is 0 Å². The Balaban J connectivity index is 1.91. The number of hydrogen-bond acceptors (Lipinski definition) is 5. The van der Waals surface area contributed by atoms with Gasteiger partial charge in [-0.1, -0.05) is 0 Å². The molecule has 1 fully saturated rings. The van der Waals surface area contributed by atoms with Crippen LogP contribution in [0.5, 0.6) is 0 Å². The van der Waals surface area contributed by atoms with Gasteiger partial charge in [0, 0.05) is 18.3 Å². The van der Waals surface area contributed by atoms with Gasteiger partial charge in [-0.3, -0.25) is 9.78 Å². The smallest absolute Gasteiger partial charge is 0.359 e. The van der Waals surface area contributed by atoms with Gasteiger partial charge in [0.1, 0.15) is 0 Å². The molecule has 0 N–H and O–H groups in total. The predicted octanol–water partition coefficient (Wildman–Crippen LogP) is 1.73. The molecule has 1 amide bonds. The van der Waals surface area contributed by atoms with Crippen molar-refractivity contribution in [1.29, 1.82) is 0 Å². The van der Waals surface area contributed by atoms with E-state index < -0.39 is 5.97 Å². The molecule has 0 spiro atoms.